The van der Waals surface area contributed by atoms with Crippen LogP contribution in [0.3, 0.4) is 0 Å². The summed E-state index contributed by atoms with van der Waals surface area (Å²) < 4.78 is 10.3. The third-order valence-corrected chi connectivity index (χ3v) is 7.11. The summed E-state index contributed by atoms with van der Waals surface area (Å²) in [6.07, 6.45) is 36.4. The molecule has 4 nitrogen and oxygen atoms in total. The number of carbonyl (C=O) groups excluding carboxylic acids is 2. The Kier molecular flexibility index (Phi) is 19.7. The summed E-state index contributed by atoms with van der Waals surface area (Å²) in [5, 5.41) is 0. The number of carbonyl (C=O) groups is 2. The van der Waals surface area contributed by atoms with Gasteiger partial charge in [0.1, 0.15) is 0 Å². The van der Waals surface area contributed by atoms with E-state index >= 15 is 0 Å². The fraction of sp³-hybridized carbons (Fsp3) is 0.514. The summed E-state index contributed by atoms with van der Waals surface area (Å²) in [6, 6.07) is 0. The van der Waals surface area contributed by atoms with Gasteiger partial charge < -0.3 is 9.47 Å². The SMILES string of the molecule is CCC/C=C/CC/C=C/CC/C=C/CC/C=C/CC/C(C)=C/CC/C(C)=C/CC1=C(C)C(=O)C(OC)=C(OC)C1=O. The lowest BCUT2D eigenvalue weighted by Gasteiger charge is -2.19. The third kappa shape index (κ3) is 14.9. The molecule has 0 aliphatic heterocycles. The normalized spacial score (nSPS) is 15.7. The van der Waals surface area contributed by atoms with Crippen LogP contribution in [0.15, 0.2) is 94.6 Å². The molecule has 0 bridgehead atoms. The smallest absolute Gasteiger partial charge is 0.228 e. The molecule has 4 heteroatoms. The standard InChI is InChI=1S/C37H54O4/c1-7-8-9-10-11-12-13-14-15-16-17-18-19-20-21-22-23-25-30(2)26-24-27-31(3)28-29-33-32(4)34(38)36(40-5)37(41-6)35(33)39/h9-10,13-14,17-18,21-22,26,28H,7-8,11-12,15-16,19-20,23-25,27,29H2,1-6H3/b10-9+,14-13+,18-17+,22-21+,30-26+,31-28+. The van der Waals surface area contributed by atoms with E-state index in [2.05, 4.69) is 75.5 Å². The molecular weight excluding hydrogens is 508 g/mol. The van der Waals surface area contributed by atoms with Crippen LogP contribution in [-0.4, -0.2) is 25.8 Å². The molecule has 0 atom stereocenters. The molecule has 0 aromatic rings. The number of hydrogen-bond donors (Lipinski definition) is 0. The molecule has 0 heterocycles. The molecule has 0 saturated heterocycles. The number of Topliss-reactive ketones (excluding diaryl/α,β-unsaturated/α-hetero) is 2. The summed E-state index contributed by atoms with van der Waals surface area (Å²) in [4.78, 5) is 25.3. The van der Waals surface area contributed by atoms with Crippen molar-refractivity contribution < 1.29 is 19.1 Å². The summed E-state index contributed by atoms with van der Waals surface area (Å²) in [7, 11) is 2.77. The van der Waals surface area contributed by atoms with Gasteiger partial charge in [0.05, 0.1) is 14.2 Å². The number of hydrogen-bond acceptors (Lipinski definition) is 4. The van der Waals surface area contributed by atoms with Crippen molar-refractivity contribution >= 4 is 11.6 Å². The zero-order valence-corrected chi connectivity index (χ0v) is 26.6. The molecule has 0 saturated carbocycles. The Morgan fingerprint density at radius 1 is 0.585 bits per heavy atom. The minimum absolute atomic E-state index is 0.00596. The van der Waals surface area contributed by atoms with E-state index < -0.39 is 0 Å². The van der Waals surface area contributed by atoms with Crippen molar-refractivity contribution in [2.45, 2.75) is 111 Å². The molecular formula is C37H54O4. The zero-order chi connectivity index (χ0) is 30.3. The number of unbranched alkanes of at least 4 members (excludes halogenated alkanes) is 4. The van der Waals surface area contributed by atoms with Crippen LogP contribution in [0.5, 0.6) is 0 Å². The van der Waals surface area contributed by atoms with Gasteiger partial charge in [0, 0.05) is 11.1 Å². The van der Waals surface area contributed by atoms with Crippen LogP contribution in [0.2, 0.25) is 0 Å². The zero-order valence-electron chi connectivity index (χ0n) is 26.6. The van der Waals surface area contributed by atoms with Crippen molar-refractivity contribution in [2.24, 2.45) is 0 Å². The molecule has 226 valence electrons. The summed E-state index contributed by atoms with van der Waals surface area (Å²) in [6.45, 7) is 8.16. The fourth-order valence-electron chi connectivity index (χ4n) is 4.46. The van der Waals surface area contributed by atoms with Crippen LogP contribution in [0.1, 0.15) is 111 Å². The monoisotopic (exact) mass is 562 g/mol. The van der Waals surface area contributed by atoms with Crippen molar-refractivity contribution in [3.63, 3.8) is 0 Å². The average Bonchev–Trinajstić information content (AvgIpc) is 2.96. The summed E-state index contributed by atoms with van der Waals surface area (Å²) >= 11 is 0. The van der Waals surface area contributed by atoms with Crippen molar-refractivity contribution in [1.82, 2.24) is 0 Å². The van der Waals surface area contributed by atoms with E-state index in [0.717, 1.165) is 64.2 Å². The van der Waals surface area contributed by atoms with Crippen molar-refractivity contribution in [3.8, 4) is 0 Å². The van der Waals surface area contributed by atoms with Gasteiger partial charge in [-0.2, -0.15) is 0 Å². The van der Waals surface area contributed by atoms with Crippen LogP contribution < -0.4 is 0 Å². The molecule has 0 amide bonds. The third-order valence-electron chi connectivity index (χ3n) is 7.11. The van der Waals surface area contributed by atoms with E-state index in [-0.39, 0.29) is 23.1 Å². The number of rotatable bonds is 21. The van der Waals surface area contributed by atoms with Crippen molar-refractivity contribution in [1.29, 1.82) is 0 Å². The molecule has 1 aliphatic carbocycles. The first kappa shape index (κ1) is 35.9. The van der Waals surface area contributed by atoms with Crippen molar-refractivity contribution in [2.75, 3.05) is 14.2 Å². The molecule has 41 heavy (non-hydrogen) atoms. The van der Waals surface area contributed by atoms with Gasteiger partial charge in [-0.3, -0.25) is 9.59 Å². The quantitative estimate of drug-likeness (QED) is 0.0793. The van der Waals surface area contributed by atoms with Crippen LogP contribution in [-0.2, 0) is 19.1 Å². The second-order valence-corrected chi connectivity index (χ2v) is 10.6. The average molecular weight is 563 g/mol. The van der Waals surface area contributed by atoms with Crippen molar-refractivity contribution in [3.05, 3.63) is 94.6 Å². The molecule has 1 rings (SSSR count). The van der Waals surface area contributed by atoms with E-state index in [0.29, 0.717) is 17.6 Å². The highest BCUT2D eigenvalue weighted by molar-refractivity contribution is 6.23. The van der Waals surface area contributed by atoms with E-state index in [1.807, 2.05) is 6.08 Å². The van der Waals surface area contributed by atoms with Gasteiger partial charge in [0.25, 0.3) is 0 Å². The number of methoxy groups -OCH3 is 2. The highest BCUT2D eigenvalue weighted by atomic mass is 16.5. The van der Waals surface area contributed by atoms with Crippen LogP contribution in [0, 0.1) is 0 Å². The number of allylic oxidation sites excluding steroid dienone is 14. The maximum atomic E-state index is 12.8. The first-order chi connectivity index (χ1) is 19.9. The van der Waals surface area contributed by atoms with Crippen LogP contribution in [0.4, 0.5) is 0 Å². The Balaban J connectivity index is 2.24. The minimum atomic E-state index is -0.283. The van der Waals surface area contributed by atoms with Crippen LogP contribution in [0.25, 0.3) is 0 Å². The summed E-state index contributed by atoms with van der Waals surface area (Å²) in [5.41, 5.74) is 3.52. The van der Waals surface area contributed by atoms with Gasteiger partial charge in [-0.25, -0.2) is 0 Å². The van der Waals surface area contributed by atoms with E-state index in [1.54, 1.807) is 6.92 Å². The predicted molar refractivity (Wildman–Crippen MR) is 174 cm³/mol. The topological polar surface area (TPSA) is 52.6 Å². The molecule has 1 aliphatic rings. The fourth-order valence-corrected chi connectivity index (χ4v) is 4.46. The molecule has 0 radical (unpaired) electrons. The summed E-state index contributed by atoms with van der Waals surface area (Å²) in [5.74, 6) is -0.569. The highest BCUT2D eigenvalue weighted by Gasteiger charge is 2.34. The lowest BCUT2D eigenvalue weighted by molar-refractivity contribution is -0.121. The van der Waals surface area contributed by atoms with E-state index in [9.17, 15) is 9.59 Å². The van der Waals surface area contributed by atoms with Gasteiger partial charge in [0.2, 0.25) is 23.1 Å². The second-order valence-electron chi connectivity index (χ2n) is 10.6. The van der Waals surface area contributed by atoms with Gasteiger partial charge in [-0.15, -0.1) is 0 Å². The first-order valence-electron chi connectivity index (χ1n) is 15.4. The Bertz CT molecular complexity index is 1060. The van der Waals surface area contributed by atoms with Crippen LogP contribution >= 0.6 is 0 Å². The van der Waals surface area contributed by atoms with Gasteiger partial charge in [-0.1, -0.05) is 85.3 Å². The molecule has 0 fully saturated rings. The highest BCUT2D eigenvalue weighted by Crippen LogP contribution is 2.28. The number of ether oxygens (including phenoxy) is 2. The Hall–Kier alpha value is -3.14. The molecule has 0 aromatic heterocycles. The Labute approximate surface area is 250 Å². The molecule has 0 aromatic carbocycles. The maximum absolute atomic E-state index is 12.8. The lowest BCUT2D eigenvalue weighted by atomic mass is 9.90. The van der Waals surface area contributed by atoms with Gasteiger partial charge in [-0.05, 0) is 97.8 Å². The maximum Gasteiger partial charge on any atom is 0.228 e. The first-order valence-corrected chi connectivity index (χ1v) is 15.4. The molecule has 0 unspecified atom stereocenters. The molecule has 0 N–H and O–H groups in total. The Morgan fingerprint density at radius 3 is 1.49 bits per heavy atom. The van der Waals surface area contributed by atoms with Gasteiger partial charge >= 0.3 is 0 Å². The Morgan fingerprint density at radius 2 is 1.00 bits per heavy atom. The van der Waals surface area contributed by atoms with Gasteiger partial charge in [0.15, 0.2) is 0 Å². The minimum Gasteiger partial charge on any atom is -0.489 e. The predicted octanol–water partition coefficient (Wildman–Crippen LogP) is 10.2. The van der Waals surface area contributed by atoms with E-state index in [1.165, 1.54) is 38.2 Å². The largest absolute Gasteiger partial charge is 0.489 e. The lowest BCUT2D eigenvalue weighted by Crippen LogP contribution is -2.24. The number of ketones is 2. The van der Waals surface area contributed by atoms with E-state index in [4.69, 9.17) is 9.47 Å². The molecule has 0 spiro atoms. The second kappa shape index (κ2) is 22.5.